The van der Waals surface area contributed by atoms with E-state index in [2.05, 4.69) is 4.98 Å². The number of benzene rings is 1. The number of Topliss-reactive ketones (excluding diaryl/α,β-unsaturated/α-hetero) is 1. The summed E-state index contributed by atoms with van der Waals surface area (Å²) in [5, 5.41) is 10.1. The highest BCUT2D eigenvalue weighted by Gasteiger charge is 2.28. The molecule has 30 heavy (non-hydrogen) atoms. The normalized spacial score (nSPS) is 13.7. The first-order chi connectivity index (χ1) is 14.4. The van der Waals surface area contributed by atoms with Gasteiger partial charge in [0.15, 0.2) is 23.0 Å². The van der Waals surface area contributed by atoms with E-state index in [1.54, 1.807) is 6.92 Å². The first kappa shape index (κ1) is 23.2. The summed E-state index contributed by atoms with van der Waals surface area (Å²) in [7, 11) is 1.38. The van der Waals surface area contributed by atoms with Crippen LogP contribution in [0.2, 0.25) is 0 Å². The average molecular weight is 415 g/mol. The lowest BCUT2D eigenvalue weighted by Crippen LogP contribution is -2.35. The van der Waals surface area contributed by atoms with E-state index in [0.717, 1.165) is 6.42 Å². The quantitative estimate of drug-likeness (QED) is 0.434. The third-order valence-corrected chi connectivity index (χ3v) is 4.69. The van der Waals surface area contributed by atoms with Crippen molar-refractivity contribution < 1.29 is 28.9 Å². The van der Waals surface area contributed by atoms with Crippen LogP contribution >= 0.6 is 0 Å². The molecule has 0 amide bonds. The van der Waals surface area contributed by atoms with Crippen molar-refractivity contribution in [2.75, 3.05) is 7.11 Å². The van der Waals surface area contributed by atoms with Gasteiger partial charge in [0.25, 0.3) is 0 Å². The SMILES string of the molecule is CCC[C@H](OC(=O)[C@H](C)CC(=O)c1nccc(OC)c1O)[C@@H](C)Oc1ccccc1. The van der Waals surface area contributed by atoms with Crippen LogP contribution in [0, 0.1) is 5.92 Å². The molecule has 0 aliphatic rings. The van der Waals surface area contributed by atoms with Gasteiger partial charge in [-0.15, -0.1) is 0 Å². The number of pyridine rings is 1. The molecular weight excluding hydrogens is 386 g/mol. The number of hydrogen-bond donors (Lipinski definition) is 1. The van der Waals surface area contributed by atoms with Gasteiger partial charge in [-0.25, -0.2) is 4.98 Å². The molecule has 1 aromatic heterocycles. The molecule has 2 aromatic rings. The van der Waals surface area contributed by atoms with E-state index in [1.807, 2.05) is 44.2 Å². The summed E-state index contributed by atoms with van der Waals surface area (Å²) in [6.07, 6.45) is 1.90. The predicted octanol–water partition coefficient (Wildman–Crippen LogP) is 4.18. The van der Waals surface area contributed by atoms with Gasteiger partial charge >= 0.3 is 5.97 Å². The van der Waals surface area contributed by atoms with Crippen molar-refractivity contribution in [1.82, 2.24) is 4.98 Å². The Morgan fingerprint density at radius 1 is 1.13 bits per heavy atom. The number of methoxy groups -OCH3 is 1. The Kier molecular flexibility index (Phi) is 8.65. The number of rotatable bonds is 11. The molecule has 0 aliphatic carbocycles. The van der Waals surface area contributed by atoms with E-state index in [4.69, 9.17) is 14.2 Å². The highest BCUT2D eigenvalue weighted by molar-refractivity contribution is 5.99. The predicted molar refractivity (Wildman–Crippen MR) is 112 cm³/mol. The molecule has 1 heterocycles. The zero-order valence-corrected chi connectivity index (χ0v) is 17.8. The number of aromatic hydroxyl groups is 1. The van der Waals surface area contributed by atoms with Gasteiger partial charge in [0.2, 0.25) is 0 Å². The number of aromatic nitrogens is 1. The highest BCUT2D eigenvalue weighted by Crippen LogP contribution is 2.29. The van der Waals surface area contributed by atoms with Crippen LogP contribution in [-0.2, 0) is 9.53 Å². The van der Waals surface area contributed by atoms with Gasteiger partial charge in [-0.1, -0.05) is 38.5 Å². The summed E-state index contributed by atoms with van der Waals surface area (Å²) in [5.41, 5.74) is -0.125. The van der Waals surface area contributed by atoms with Crippen LogP contribution < -0.4 is 9.47 Å². The van der Waals surface area contributed by atoms with Crippen molar-refractivity contribution in [2.24, 2.45) is 5.92 Å². The summed E-state index contributed by atoms with van der Waals surface area (Å²) < 4.78 is 16.6. The number of carbonyl (C=O) groups excluding carboxylic acids is 2. The van der Waals surface area contributed by atoms with Gasteiger partial charge in [-0.2, -0.15) is 0 Å². The molecule has 1 N–H and O–H groups in total. The van der Waals surface area contributed by atoms with Crippen molar-refractivity contribution >= 4 is 11.8 Å². The summed E-state index contributed by atoms with van der Waals surface area (Å²) >= 11 is 0. The molecular formula is C23H29NO6. The number of carbonyl (C=O) groups is 2. The molecule has 0 radical (unpaired) electrons. The lowest BCUT2D eigenvalue weighted by atomic mass is 10.0. The Bertz CT molecular complexity index is 839. The molecule has 3 atom stereocenters. The van der Waals surface area contributed by atoms with E-state index in [1.165, 1.54) is 19.4 Å². The second kappa shape index (κ2) is 11.2. The van der Waals surface area contributed by atoms with Crippen molar-refractivity contribution in [3.05, 3.63) is 48.3 Å². The van der Waals surface area contributed by atoms with Crippen molar-refractivity contribution in [3.63, 3.8) is 0 Å². The van der Waals surface area contributed by atoms with Crippen molar-refractivity contribution in [3.8, 4) is 17.2 Å². The lowest BCUT2D eigenvalue weighted by Gasteiger charge is -2.26. The molecule has 0 unspecified atom stereocenters. The summed E-state index contributed by atoms with van der Waals surface area (Å²) in [4.78, 5) is 29.1. The van der Waals surface area contributed by atoms with Crippen LogP contribution in [0.25, 0.3) is 0 Å². The lowest BCUT2D eigenvalue weighted by molar-refractivity contribution is -0.158. The van der Waals surface area contributed by atoms with Crippen LogP contribution in [0.15, 0.2) is 42.6 Å². The number of para-hydroxylation sites is 1. The van der Waals surface area contributed by atoms with E-state index < -0.39 is 23.8 Å². The first-order valence-corrected chi connectivity index (χ1v) is 10.0. The Morgan fingerprint density at radius 3 is 2.47 bits per heavy atom. The van der Waals surface area contributed by atoms with E-state index in [9.17, 15) is 14.7 Å². The summed E-state index contributed by atoms with van der Waals surface area (Å²) in [5.74, 6) is -1.14. The Morgan fingerprint density at radius 2 is 1.83 bits per heavy atom. The van der Waals surface area contributed by atoms with Gasteiger partial charge in [0, 0.05) is 18.7 Å². The standard InChI is InChI=1S/C23H29NO6/c1-5-9-19(16(3)29-17-10-7-6-8-11-17)30-23(27)15(2)14-18(25)21-22(26)20(28-4)12-13-24-21/h6-8,10-13,15-16,19,26H,5,9,14H2,1-4H3/t15-,16-,19+/m1/s1. The molecule has 1 aromatic carbocycles. The van der Waals surface area contributed by atoms with Crippen LogP contribution in [-0.4, -0.2) is 41.2 Å². The van der Waals surface area contributed by atoms with Gasteiger partial charge in [0.1, 0.15) is 18.0 Å². The minimum atomic E-state index is -0.701. The third kappa shape index (κ3) is 6.20. The molecule has 7 nitrogen and oxygen atoms in total. The van der Waals surface area contributed by atoms with Crippen LogP contribution in [0.5, 0.6) is 17.2 Å². The maximum atomic E-state index is 12.6. The van der Waals surface area contributed by atoms with E-state index in [-0.39, 0.29) is 29.7 Å². The zero-order valence-electron chi connectivity index (χ0n) is 17.8. The summed E-state index contributed by atoms with van der Waals surface area (Å²) in [6.45, 7) is 5.47. The smallest absolute Gasteiger partial charge is 0.309 e. The largest absolute Gasteiger partial charge is 0.503 e. The fourth-order valence-corrected chi connectivity index (χ4v) is 2.99. The molecule has 0 aliphatic heterocycles. The molecule has 2 rings (SSSR count). The number of hydrogen-bond acceptors (Lipinski definition) is 7. The zero-order chi connectivity index (χ0) is 22.1. The topological polar surface area (TPSA) is 95.0 Å². The number of esters is 1. The third-order valence-electron chi connectivity index (χ3n) is 4.69. The van der Waals surface area contributed by atoms with Crippen LogP contribution in [0.3, 0.4) is 0 Å². The molecule has 0 fully saturated rings. The monoisotopic (exact) mass is 415 g/mol. The van der Waals surface area contributed by atoms with Gasteiger partial charge < -0.3 is 19.3 Å². The molecule has 0 saturated carbocycles. The molecule has 0 bridgehead atoms. The minimum Gasteiger partial charge on any atom is -0.503 e. The second-order valence-corrected chi connectivity index (χ2v) is 7.14. The highest BCUT2D eigenvalue weighted by atomic mass is 16.6. The van der Waals surface area contributed by atoms with Crippen molar-refractivity contribution in [1.29, 1.82) is 0 Å². The summed E-state index contributed by atoms with van der Waals surface area (Å²) in [6, 6.07) is 10.8. The fourth-order valence-electron chi connectivity index (χ4n) is 2.99. The van der Waals surface area contributed by atoms with Crippen LogP contribution in [0.4, 0.5) is 0 Å². The molecule has 7 heteroatoms. The van der Waals surface area contributed by atoms with Gasteiger partial charge in [-0.3, -0.25) is 9.59 Å². The van der Waals surface area contributed by atoms with Gasteiger partial charge in [-0.05, 0) is 25.5 Å². The molecule has 162 valence electrons. The number of nitrogens with zero attached hydrogens (tertiary/aromatic N) is 1. The Hall–Kier alpha value is -3.09. The number of ether oxygens (including phenoxy) is 3. The maximum Gasteiger partial charge on any atom is 0.309 e. The van der Waals surface area contributed by atoms with Crippen LogP contribution in [0.1, 0.15) is 50.5 Å². The average Bonchev–Trinajstić information content (AvgIpc) is 2.74. The minimum absolute atomic E-state index is 0.125. The fraction of sp³-hybridized carbons (Fsp3) is 0.435. The molecule has 0 spiro atoms. The Balaban J connectivity index is 2.00. The van der Waals surface area contributed by atoms with Gasteiger partial charge in [0.05, 0.1) is 13.0 Å². The maximum absolute atomic E-state index is 12.6. The first-order valence-electron chi connectivity index (χ1n) is 10.0. The van der Waals surface area contributed by atoms with E-state index in [0.29, 0.717) is 12.2 Å². The Labute approximate surface area is 177 Å². The molecule has 0 saturated heterocycles. The number of ketones is 1. The second-order valence-electron chi connectivity index (χ2n) is 7.14. The van der Waals surface area contributed by atoms with Crippen molar-refractivity contribution in [2.45, 2.75) is 52.2 Å². The van der Waals surface area contributed by atoms with E-state index >= 15 is 0 Å².